The number of esters is 1. The van der Waals surface area contributed by atoms with E-state index in [1.807, 2.05) is 6.08 Å². The van der Waals surface area contributed by atoms with Gasteiger partial charge in [-0.05, 0) is 67.4 Å². The molecule has 4 aliphatic carbocycles. The minimum atomic E-state index is -0.412. The van der Waals surface area contributed by atoms with E-state index in [1.54, 1.807) is 6.08 Å². The Morgan fingerprint density at radius 2 is 2.00 bits per heavy atom. The average molecular weight is 368 g/mol. The van der Waals surface area contributed by atoms with Crippen molar-refractivity contribution in [3.8, 4) is 0 Å². The highest BCUT2D eigenvalue weighted by atomic mass is 16.5. The number of allylic oxidation sites excluding steroid dienone is 5. The van der Waals surface area contributed by atoms with E-state index in [-0.39, 0.29) is 29.0 Å². The van der Waals surface area contributed by atoms with Gasteiger partial charge < -0.3 is 4.74 Å². The van der Waals surface area contributed by atoms with E-state index in [9.17, 15) is 14.4 Å². The van der Waals surface area contributed by atoms with Gasteiger partial charge in [-0.1, -0.05) is 31.6 Å². The Balaban J connectivity index is 1.57. The Morgan fingerprint density at radius 3 is 2.74 bits per heavy atom. The first kappa shape index (κ1) is 18.4. The molecule has 5 atom stereocenters. The van der Waals surface area contributed by atoms with Gasteiger partial charge in [0.2, 0.25) is 0 Å². The molecule has 0 N–H and O–H groups in total. The predicted octanol–water partition coefficient (Wildman–Crippen LogP) is 3.96. The molecule has 0 aromatic carbocycles. The maximum atomic E-state index is 12.7. The van der Waals surface area contributed by atoms with E-state index < -0.39 is 5.97 Å². The third kappa shape index (κ3) is 2.76. The Bertz CT molecular complexity index is 801. The molecule has 4 heteroatoms. The standard InChI is InChI=1S/C23H28O4/c1-14(24)27-13-21(26)20-7-6-18-17-5-4-15-12-16(25)8-10-22(15,2)19(17)9-11-23(18,20)3/h7-8,10,12,17-19H,4-6,9,11,13H2,1-3H3/t17-,18-,19?,22-,23-/m0/s1. The highest BCUT2D eigenvalue weighted by molar-refractivity contribution is 6.01. The molecule has 27 heavy (non-hydrogen) atoms. The first-order chi connectivity index (χ1) is 12.8. The van der Waals surface area contributed by atoms with Gasteiger partial charge in [-0.25, -0.2) is 0 Å². The molecule has 0 saturated heterocycles. The number of carbonyl (C=O) groups excluding carboxylic acids is 3. The van der Waals surface area contributed by atoms with Gasteiger partial charge in [0.05, 0.1) is 0 Å². The molecule has 0 spiro atoms. The summed E-state index contributed by atoms with van der Waals surface area (Å²) in [6.45, 7) is 5.71. The summed E-state index contributed by atoms with van der Waals surface area (Å²) >= 11 is 0. The Morgan fingerprint density at radius 1 is 1.22 bits per heavy atom. The van der Waals surface area contributed by atoms with Crippen molar-refractivity contribution in [1.82, 2.24) is 0 Å². The smallest absolute Gasteiger partial charge is 0.303 e. The molecule has 0 aliphatic heterocycles. The molecule has 4 nitrogen and oxygen atoms in total. The van der Waals surface area contributed by atoms with E-state index in [0.29, 0.717) is 17.8 Å². The lowest BCUT2D eigenvalue weighted by molar-refractivity contribution is -0.145. The number of fused-ring (bicyclic) bond motifs is 5. The van der Waals surface area contributed by atoms with Crippen LogP contribution in [0.5, 0.6) is 0 Å². The zero-order chi connectivity index (χ0) is 19.4. The number of hydrogen-bond donors (Lipinski definition) is 0. The number of ketones is 2. The van der Waals surface area contributed by atoms with Crippen LogP contribution in [0.15, 0.2) is 35.5 Å². The van der Waals surface area contributed by atoms with Crippen LogP contribution in [0.4, 0.5) is 0 Å². The summed E-state index contributed by atoms with van der Waals surface area (Å²) in [4.78, 5) is 35.6. The van der Waals surface area contributed by atoms with Crippen molar-refractivity contribution in [2.45, 2.75) is 52.9 Å². The van der Waals surface area contributed by atoms with Crippen LogP contribution in [0.25, 0.3) is 0 Å². The van der Waals surface area contributed by atoms with Crippen LogP contribution in [0.2, 0.25) is 0 Å². The van der Waals surface area contributed by atoms with Crippen molar-refractivity contribution in [3.63, 3.8) is 0 Å². The highest BCUT2D eigenvalue weighted by Gasteiger charge is 2.57. The third-order valence-electron chi connectivity index (χ3n) is 7.84. The van der Waals surface area contributed by atoms with Gasteiger partial charge in [0, 0.05) is 17.9 Å². The molecule has 0 aromatic heterocycles. The van der Waals surface area contributed by atoms with Crippen LogP contribution in [-0.4, -0.2) is 24.1 Å². The Kier molecular flexibility index (Phi) is 4.28. The van der Waals surface area contributed by atoms with Crippen LogP contribution >= 0.6 is 0 Å². The zero-order valence-corrected chi connectivity index (χ0v) is 16.4. The fourth-order valence-electron chi connectivity index (χ4n) is 6.44. The quantitative estimate of drug-likeness (QED) is 0.708. The molecule has 0 aromatic rings. The summed E-state index contributed by atoms with van der Waals surface area (Å²) in [6.07, 6.45) is 12.8. The SMILES string of the molecule is CC(=O)OCC(=O)C1=CC[C@H]2[C@@H]3CCC4=CC(=O)C=C[C@]4(C)C3CC[C@]12C. The van der Waals surface area contributed by atoms with Gasteiger partial charge in [-0.2, -0.15) is 0 Å². The summed E-state index contributed by atoms with van der Waals surface area (Å²) in [6, 6.07) is 0. The van der Waals surface area contributed by atoms with Crippen molar-refractivity contribution in [1.29, 1.82) is 0 Å². The zero-order valence-electron chi connectivity index (χ0n) is 16.4. The van der Waals surface area contributed by atoms with Crippen LogP contribution in [0.1, 0.15) is 52.9 Å². The topological polar surface area (TPSA) is 60.4 Å². The summed E-state index contributed by atoms with van der Waals surface area (Å²) in [7, 11) is 0. The second kappa shape index (κ2) is 6.29. The summed E-state index contributed by atoms with van der Waals surface area (Å²) in [5, 5.41) is 0. The maximum Gasteiger partial charge on any atom is 0.303 e. The average Bonchev–Trinajstić information content (AvgIpc) is 2.97. The molecule has 2 fully saturated rings. The van der Waals surface area contributed by atoms with Crippen LogP contribution in [0.3, 0.4) is 0 Å². The molecule has 2 saturated carbocycles. The molecule has 0 amide bonds. The number of rotatable bonds is 3. The second-order valence-electron chi connectivity index (χ2n) is 9.12. The van der Waals surface area contributed by atoms with Gasteiger partial charge in [0.25, 0.3) is 0 Å². The molecule has 1 unspecified atom stereocenters. The Hall–Kier alpha value is -1.97. The molecule has 4 rings (SSSR count). The van der Waals surface area contributed by atoms with E-state index in [4.69, 9.17) is 4.74 Å². The highest BCUT2D eigenvalue weighted by Crippen LogP contribution is 2.64. The predicted molar refractivity (Wildman–Crippen MR) is 102 cm³/mol. The summed E-state index contributed by atoms with van der Waals surface area (Å²) < 4.78 is 4.97. The van der Waals surface area contributed by atoms with Gasteiger partial charge in [-0.3, -0.25) is 14.4 Å². The summed E-state index contributed by atoms with van der Waals surface area (Å²) in [5.74, 6) is 1.19. The Labute approximate surface area is 160 Å². The normalized spacial score (nSPS) is 39.7. The number of carbonyl (C=O) groups is 3. The van der Waals surface area contributed by atoms with Crippen LogP contribution in [0, 0.1) is 28.6 Å². The molecule has 0 radical (unpaired) electrons. The monoisotopic (exact) mass is 368 g/mol. The molecule has 144 valence electrons. The van der Waals surface area contributed by atoms with Gasteiger partial charge >= 0.3 is 5.97 Å². The van der Waals surface area contributed by atoms with Crippen molar-refractivity contribution in [2.24, 2.45) is 28.6 Å². The van der Waals surface area contributed by atoms with E-state index in [2.05, 4.69) is 26.0 Å². The molecule has 0 bridgehead atoms. The first-order valence-corrected chi connectivity index (χ1v) is 10.1. The number of ether oxygens (including phenoxy) is 1. The number of hydrogen-bond acceptors (Lipinski definition) is 4. The van der Waals surface area contributed by atoms with Crippen molar-refractivity contribution in [2.75, 3.05) is 6.61 Å². The maximum absolute atomic E-state index is 12.7. The largest absolute Gasteiger partial charge is 0.457 e. The number of Topliss-reactive ketones (excluding diaryl/α,β-unsaturated/α-hetero) is 1. The molecular weight excluding hydrogens is 340 g/mol. The lowest BCUT2D eigenvalue weighted by Gasteiger charge is -2.56. The van der Waals surface area contributed by atoms with Crippen LogP contribution in [-0.2, 0) is 19.1 Å². The van der Waals surface area contributed by atoms with Gasteiger partial charge in [0.1, 0.15) is 0 Å². The fraction of sp³-hybridized carbons (Fsp3) is 0.609. The molecule has 0 heterocycles. The van der Waals surface area contributed by atoms with E-state index in [0.717, 1.165) is 37.7 Å². The van der Waals surface area contributed by atoms with Crippen molar-refractivity contribution >= 4 is 17.5 Å². The molecular formula is C23H28O4. The lowest BCUT2D eigenvalue weighted by Crippen LogP contribution is -2.49. The van der Waals surface area contributed by atoms with Crippen molar-refractivity contribution < 1.29 is 19.1 Å². The summed E-state index contributed by atoms with van der Waals surface area (Å²) in [5.41, 5.74) is 2.01. The third-order valence-corrected chi connectivity index (χ3v) is 7.84. The van der Waals surface area contributed by atoms with E-state index >= 15 is 0 Å². The second-order valence-corrected chi connectivity index (χ2v) is 9.12. The van der Waals surface area contributed by atoms with Gasteiger partial charge in [-0.15, -0.1) is 0 Å². The molecule has 4 aliphatic rings. The van der Waals surface area contributed by atoms with Crippen LogP contribution < -0.4 is 0 Å². The van der Waals surface area contributed by atoms with Crippen molar-refractivity contribution in [3.05, 3.63) is 35.5 Å². The lowest BCUT2D eigenvalue weighted by atomic mass is 9.47. The minimum absolute atomic E-state index is 0.0251. The van der Waals surface area contributed by atoms with E-state index in [1.165, 1.54) is 12.5 Å². The minimum Gasteiger partial charge on any atom is -0.457 e. The fourth-order valence-corrected chi connectivity index (χ4v) is 6.44. The first-order valence-electron chi connectivity index (χ1n) is 10.1. The van der Waals surface area contributed by atoms with Gasteiger partial charge in [0.15, 0.2) is 18.2 Å².